The average molecular weight is 246 g/mol. The smallest absolute Gasteiger partial charge is 0.175 e. The molecule has 0 aromatic heterocycles. The molecule has 0 aliphatic carbocycles. The standard InChI is InChI=1S/C10H14O3S2/c1-8(11)7-14-9-3-5-10(6-4-9)15(2,12)13/h3-6,8,11H,7H2,1-2H3/t8-/m1/s1. The monoisotopic (exact) mass is 246 g/mol. The quantitative estimate of drug-likeness (QED) is 0.819. The molecule has 0 unspecified atom stereocenters. The van der Waals surface area contributed by atoms with Crippen molar-refractivity contribution in [3.63, 3.8) is 0 Å². The molecule has 0 amide bonds. The highest BCUT2D eigenvalue weighted by molar-refractivity contribution is 7.99. The molecule has 1 atom stereocenters. The van der Waals surface area contributed by atoms with Crippen molar-refractivity contribution in [1.29, 1.82) is 0 Å². The van der Waals surface area contributed by atoms with Gasteiger partial charge in [-0.1, -0.05) is 0 Å². The molecular weight excluding hydrogens is 232 g/mol. The number of aliphatic hydroxyl groups is 1. The van der Waals surface area contributed by atoms with E-state index in [2.05, 4.69) is 0 Å². The summed E-state index contributed by atoms with van der Waals surface area (Å²) in [5.41, 5.74) is 0. The van der Waals surface area contributed by atoms with E-state index in [0.29, 0.717) is 10.6 Å². The summed E-state index contributed by atoms with van der Waals surface area (Å²) in [4.78, 5) is 1.28. The van der Waals surface area contributed by atoms with Gasteiger partial charge in [0.1, 0.15) is 0 Å². The molecule has 0 spiro atoms. The lowest BCUT2D eigenvalue weighted by molar-refractivity contribution is 0.220. The third kappa shape index (κ3) is 4.24. The molecule has 15 heavy (non-hydrogen) atoms. The maximum Gasteiger partial charge on any atom is 0.175 e. The first-order valence-electron chi connectivity index (χ1n) is 4.50. The molecular formula is C10H14O3S2. The van der Waals surface area contributed by atoms with Gasteiger partial charge in [0, 0.05) is 16.9 Å². The Morgan fingerprint density at radius 2 is 1.87 bits per heavy atom. The predicted molar refractivity (Wildman–Crippen MR) is 62.0 cm³/mol. The highest BCUT2D eigenvalue weighted by atomic mass is 32.2. The van der Waals surface area contributed by atoms with E-state index >= 15 is 0 Å². The van der Waals surface area contributed by atoms with Gasteiger partial charge in [-0.2, -0.15) is 0 Å². The van der Waals surface area contributed by atoms with Gasteiger partial charge in [-0.15, -0.1) is 11.8 Å². The summed E-state index contributed by atoms with van der Waals surface area (Å²) in [6, 6.07) is 6.67. The molecule has 0 saturated heterocycles. The SMILES string of the molecule is C[C@@H](O)CSc1ccc(S(C)(=O)=O)cc1. The molecule has 0 fully saturated rings. The van der Waals surface area contributed by atoms with Gasteiger partial charge in [-0.25, -0.2) is 8.42 Å². The molecule has 0 bridgehead atoms. The Morgan fingerprint density at radius 1 is 1.33 bits per heavy atom. The summed E-state index contributed by atoms with van der Waals surface area (Å²) in [6.07, 6.45) is 0.829. The zero-order chi connectivity index (χ0) is 11.5. The number of sulfone groups is 1. The number of aliphatic hydroxyl groups excluding tert-OH is 1. The third-order valence-electron chi connectivity index (χ3n) is 1.74. The molecule has 0 radical (unpaired) electrons. The number of rotatable bonds is 4. The maximum absolute atomic E-state index is 11.2. The molecule has 1 rings (SSSR count). The third-order valence-corrected chi connectivity index (χ3v) is 4.13. The van der Waals surface area contributed by atoms with Crippen LogP contribution in [0.5, 0.6) is 0 Å². The Labute approximate surface area is 94.4 Å². The van der Waals surface area contributed by atoms with Crippen LogP contribution in [0.4, 0.5) is 0 Å². The first-order valence-corrected chi connectivity index (χ1v) is 7.38. The van der Waals surface area contributed by atoms with Crippen molar-refractivity contribution in [2.75, 3.05) is 12.0 Å². The Morgan fingerprint density at radius 3 is 2.27 bits per heavy atom. The topological polar surface area (TPSA) is 54.4 Å². The van der Waals surface area contributed by atoms with E-state index in [4.69, 9.17) is 5.11 Å². The highest BCUT2D eigenvalue weighted by Gasteiger charge is 2.06. The van der Waals surface area contributed by atoms with Gasteiger partial charge < -0.3 is 5.11 Å². The Hall–Kier alpha value is -0.520. The van der Waals surface area contributed by atoms with Crippen molar-refractivity contribution in [2.45, 2.75) is 22.8 Å². The lowest BCUT2D eigenvalue weighted by Gasteiger charge is -2.04. The molecule has 0 heterocycles. The molecule has 3 nitrogen and oxygen atoms in total. The van der Waals surface area contributed by atoms with E-state index in [-0.39, 0.29) is 6.10 Å². The van der Waals surface area contributed by atoms with E-state index in [1.807, 2.05) is 0 Å². The fraction of sp³-hybridized carbons (Fsp3) is 0.400. The molecule has 1 aromatic carbocycles. The molecule has 84 valence electrons. The number of hydrogen-bond acceptors (Lipinski definition) is 4. The van der Waals surface area contributed by atoms with Crippen LogP contribution in [0, 0.1) is 0 Å². The largest absolute Gasteiger partial charge is 0.393 e. The van der Waals surface area contributed by atoms with Crippen LogP contribution in [0.1, 0.15) is 6.92 Å². The number of benzene rings is 1. The zero-order valence-electron chi connectivity index (χ0n) is 8.67. The van der Waals surface area contributed by atoms with E-state index in [1.165, 1.54) is 18.0 Å². The van der Waals surface area contributed by atoms with Gasteiger partial charge in [0.2, 0.25) is 0 Å². The van der Waals surface area contributed by atoms with E-state index in [0.717, 1.165) is 4.90 Å². The lowest BCUT2D eigenvalue weighted by Crippen LogP contribution is -2.02. The van der Waals surface area contributed by atoms with Crippen LogP contribution in [-0.2, 0) is 9.84 Å². The number of hydrogen-bond donors (Lipinski definition) is 1. The van der Waals surface area contributed by atoms with Crippen LogP contribution >= 0.6 is 11.8 Å². The van der Waals surface area contributed by atoms with Crippen molar-refractivity contribution >= 4 is 21.6 Å². The van der Waals surface area contributed by atoms with Crippen molar-refractivity contribution in [3.05, 3.63) is 24.3 Å². The van der Waals surface area contributed by atoms with Gasteiger partial charge in [-0.05, 0) is 31.2 Å². The highest BCUT2D eigenvalue weighted by Crippen LogP contribution is 2.20. The van der Waals surface area contributed by atoms with Crippen molar-refractivity contribution < 1.29 is 13.5 Å². The number of thioether (sulfide) groups is 1. The minimum Gasteiger partial charge on any atom is -0.393 e. The van der Waals surface area contributed by atoms with E-state index in [1.54, 1.807) is 31.2 Å². The molecule has 0 aliphatic rings. The Balaban J connectivity index is 2.73. The van der Waals surface area contributed by atoms with Crippen LogP contribution in [0.15, 0.2) is 34.1 Å². The Bertz CT molecular complexity index is 407. The molecule has 1 aromatic rings. The van der Waals surface area contributed by atoms with Crippen molar-refractivity contribution in [3.8, 4) is 0 Å². The second-order valence-electron chi connectivity index (χ2n) is 3.40. The van der Waals surface area contributed by atoms with Crippen LogP contribution in [0.25, 0.3) is 0 Å². The fourth-order valence-corrected chi connectivity index (χ4v) is 2.39. The van der Waals surface area contributed by atoms with E-state index < -0.39 is 9.84 Å². The minimum absolute atomic E-state index is 0.323. The lowest BCUT2D eigenvalue weighted by atomic mass is 10.4. The van der Waals surface area contributed by atoms with Crippen LogP contribution in [-0.4, -0.2) is 31.6 Å². The van der Waals surface area contributed by atoms with Crippen LogP contribution in [0.2, 0.25) is 0 Å². The molecule has 0 aliphatic heterocycles. The summed E-state index contributed by atoms with van der Waals surface area (Å²) in [5, 5.41) is 9.08. The first-order chi connectivity index (χ1) is 6.89. The van der Waals surface area contributed by atoms with Crippen molar-refractivity contribution in [1.82, 2.24) is 0 Å². The Kier molecular flexibility index (Phi) is 4.19. The summed E-state index contributed by atoms with van der Waals surface area (Å²) in [7, 11) is -3.11. The van der Waals surface area contributed by atoms with Gasteiger partial charge in [0.15, 0.2) is 9.84 Å². The van der Waals surface area contributed by atoms with Gasteiger partial charge in [-0.3, -0.25) is 0 Å². The summed E-state index contributed by atoms with van der Waals surface area (Å²) in [6.45, 7) is 1.72. The normalized spacial score (nSPS) is 13.8. The van der Waals surface area contributed by atoms with Crippen LogP contribution in [0.3, 0.4) is 0 Å². The van der Waals surface area contributed by atoms with E-state index in [9.17, 15) is 8.42 Å². The summed E-state index contributed by atoms with van der Waals surface area (Å²) < 4.78 is 22.3. The first kappa shape index (κ1) is 12.5. The molecule has 5 heteroatoms. The molecule has 0 saturated carbocycles. The van der Waals surface area contributed by atoms with Crippen molar-refractivity contribution in [2.24, 2.45) is 0 Å². The van der Waals surface area contributed by atoms with Gasteiger partial charge in [0.05, 0.1) is 11.0 Å². The summed E-state index contributed by atoms with van der Waals surface area (Å²) >= 11 is 1.50. The zero-order valence-corrected chi connectivity index (χ0v) is 10.3. The molecule has 1 N–H and O–H groups in total. The fourth-order valence-electron chi connectivity index (χ4n) is 1.000. The second kappa shape index (κ2) is 5.01. The van der Waals surface area contributed by atoms with Gasteiger partial charge >= 0.3 is 0 Å². The summed E-state index contributed by atoms with van der Waals surface area (Å²) in [5.74, 6) is 0.609. The second-order valence-corrected chi connectivity index (χ2v) is 6.51. The minimum atomic E-state index is -3.11. The predicted octanol–water partition coefficient (Wildman–Crippen LogP) is 1.56. The van der Waals surface area contributed by atoms with Crippen LogP contribution < -0.4 is 0 Å². The van der Waals surface area contributed by atoms with Gasteiger partial charge in [0.25, 0.3) is 0 Å². The average Bonchev–Trinajstić information content (AvgIpc) is 2.14. The maximum atomic E-state index is 11.2.